The molecule has 1 rings (SSSR count). The van der Waals surface area contributed by atoms with Crippen molar-refractivity contribution >= 4 is 8.41 Å². The molecular weight excluding hydrogens is 216 g/mol. The molecule has 15 heavy (non-hydrogen) atoms. The zero-order valence-electron chi connectivity index (χ0n) is 8.04. The first-order valence-electron chi connectivity index (χ1n) is 3.21. The molecule has 92 valence electrons. The van der Waals surface area contributed by atoms with E-state index in [-0.39, 0.29) is 33.0 Å². The number of nitrogens with zero attached hydrogens (tertiary/aromatic N) is 1. The fraction of sp³-hybridized carbons (Fsp3) is 0.375. The van der Waals surface area contributed by atoms with Gasteiger partial charge >= 0.3 is 0 Å². The highest BCUT2D eigenvalue weighted by molar-refractivity contribution is 5.75. The molecule has 0 saturated heterocycles. The molecule has 1 nitrogen and oxygen atoms in total. The molecule has 1 heterocycles. The molecule has 0 unspecified atom stereocenters. The Morgan fingerprint density at radius 2 is 1.40 bits per heavy atom. The minimum absolute atomic E-state index is 0. The van der Waals surface area contributed by atoms with E-state index in [1.165, 1.54) is 0 Å². The van der Waals surface area contributed by atoms with Crippen molar-refractivity contribution in [2.24, 2.45) is 0 Å². The molecule has 7 heteroatoms. The van der Waals surface area contributed by atoms with Crippen LogP contribution in [0.25, 0.3) is 0 Å². The Hall–Kier alpha value is -1.14. The predicted molar refractivity (Wildman–Crippen MR) is 58.4 cm³/mol. The van der Waals surface area contributed by atoms with Gasteiger partial charge in [-0.3, -0.25) is 23.8 Å². The zero-order valence-corrected chi connectivity index (χ0v) is 8.04. The molecule has 0 spiro atoms. The quantitative estimate of drug-likeness (QED) is 0.489. The summed E-state index contributed by atoms with van der Waals surface area (Å²) in [5, 5.41) is 0. The number of hydrogen-bond acceptors (Lipinski definition) is 1. The summed E-state index contributed by atoms with van der Waals surface area (Å²) in [4.78, 5) is 3.96. The number of pyridine rings is 1. The Morgan fingerprint density at radius 3 is 1.73 bits per heavy atom. The van der Waals surface area contributed by atoms with E-state index < -0.39 is 0 Å². The van der Waals surface area contributed by atoms with Crippen molar-refractivity contribution in [1.29, 1.82) is 0 Å². The van der Waals surface area contributed by atoms with Gasteiger partial charge in [-0.15, -0.1) is 0 Å². The lowest BCUT2D eigenvalue weighted by atomic mass is 10.2. The monoisotopic (exact) mass is 233 g/mol. The molecular formula is C8H17BF5N. The largest absolute Gasteiger partial charge is 0.269 e. The van der Waals surface area contributed by atoms with E-state index in [0.717, 1.165) is 5.69 Å². The highest BCUT2D eigenvalue weighted by Crippen LogP contribution is 2.09. The van der Waals surface area contributed by atoms with Gasteiger partial charge in [-0.25, -0.2) is 4.39 Å². The summed E-state index contributed by atoms with van der Waals surface area (Å²) < 4.78 is 12.8. The topological polar surface area (TPSA) is 12.9 Å². The minimum atomic E-state index is -0.189. The number of aryl methyl sites for hydroxylation is 3. The summed E-state index contributed by atoms with van der Waals surface area (Å²) in [7, 11) is 0. The van der Waals surface area contributed by atoms with E-state index in [4.69, 9.17) is 0 Å². The van der Waals surface area contributed by atoms with Crippen LogP contribution in [-0.4, -0.2) is 13.4 Å². The van der Waals surface area contributed by atoms with Gasteiger partial charge in [0.1, 0.15) is 5.82 Å². The molecule has 0 aromatic carbocycles. The average molecular weight is 233 g/mol. The maximum absolute atomic E-state index is 12.8. The van der Waals surface area contributed by atoms with Crippen LogP contribution < -0.4 is 0 Å². The molecule has 0 fully saturated rings. The Balaban J connectivity index is -0.0000000667. The molecule has 0 N–H and O–H groups in total. The third-order valence-corrected chi connectivity index (χ3v) is 1.43. The SMILES string of the molecule is B.Cc1cc(C)c(F)c(C)n1.F.F.F.F. The number of halogens is 5. The first-order chi connectivity index (χ1) is 4.61. The van der Waals surface area contributed by atoms with Crippen LogP contribution >= 0.6 is 0 Å². The summed E-state index contributed by atoms with van der Waals surface area (Å²) in [6, 6.07) is 1.74. The second-order valence-corrected chi connectivity index (χ2v) is 2.48. The van der Waals surface area contributed by atoms with Crippen molar-refractivity contribution in [3.63, 3.8) is 0 Å². The molecule has 0 aliphatic rings. The second kappa shape index (κ2) is 10.9. The summed E-state index contributed by atoms with van der Waals surface area (Å²) >= 11 is 0. The standard InChI is InChI=1S/C8H10FN.BH3.4FH/c1-5-4-6(2)10-7(3)8(5)9;;;;;/h4H,1-3H3;1H3;4*1H. The normalized spacial score (nSPS) is 6.67. The zero-order chi connectivity index (χ0) is 7.72. The summed E-state index contributed by atoms with van der Waals surface area (Å²) in [5.41, 5.74) is 2.03. The van der Waals surface area contributed by atoms with Crippen LogP contribution in [0.1, 0.15) is 17.0 Å². The van der Waals surface area contributed by atoms with E-state index >= 15 is 0 Å². The van der Waals surface area contributed by atoms with Crippen molar-refractivity contribution in [3.8, 4) is 0 Å². The van der Waals surface area contributed by atoms with Gasteiger partial charge < -0.3 is 0 Å². The van der Waals surface area contributed by atoms with Gasteiger partial charge in [0.15, 0.2) is 0 Å². The highest BCUT2D eigenvalue weighted by atomic mass is 19.1. The van der Waals surface area contributed by atoms with E-state index in [1.807, 2.05) is 6.92 Å². The van der Waals surface area contributed by atoms with Gasteiger partial charge in [-0.05, 0) is 32.4 Å². The van der Waals surface area contributed by atoms with Crippen molar-refractivity contribution in [3.05, 3.63) is 28.8 Å². The van der Waals surface area contributed by atoms with Crippen molar-refractivity contribution in [2.75, 3.05) is 0 Å². The summed E-state index contributed by atoms with van der Waals surface area (Å²) in [6.45, 7) is 5.28. The van der Waals surface area contributed by atoms with Crippen LogP contribution in [-0.2, 0) is 0 Å². The Morgan fingerprint density at radius 1 is 1.00 bits per heavy atom. The molecule has 0 radical (unpaired) electrons. The molecule has 1 aromatic rings. The third-order valence-electron chi connectivity index (χ3n) is 1.43. The van der Waals surface area contributed by atoms with Crippen LogP contribution in [0.3, 0.4) is 0 Å². The lowest BCUT2D eigenvalue weighted by molar-refractivity contribution is 0.599. The van der Waals surface area contributed by atoms with Gasteiger partial charge in [0, 0.05) is 5.69 Å². The first kappa shape index (κ1) is 29.2. The number of rotatable bonds is 0. The minimum Gasteiger partial charge on any atom is -0.269 e. The fourth-order valence-electron chi connectivity index (χ4n) is 1.01. The van der Waals surface area contributed by atoms with Crippen LogP contribution in [0.15, 0.2) is 6.07 Å². The lowest BCUT2D eigenvalue weighted by Crippen LogP contribution is -1.93. The van der Waals surface area contributed by atoms with Crippen molar-refractivity contribution in [2.45, 2.75) is 20.8 Å². The van der Waals surface area contributed by atoms with E-state index in [9.17, 15) is 4.39 Å². The maximum atomic E-state index is 12.8. The Bertz CT molecular complexity index is 246. The van der Waals surface area contributed by atoms with E-state index in [1.54, 1.807) is 19.9 Å². The summed E-state index contributed by atoms with van der Waals surface area (Å²) in [5.74, 6) is -0.189. The Labute approximate surface area is 87.1 Å². The summed E-state index contributed by atoms with van der Waals surface area (Å²) in [6.07, 6.45) is 0. The van der Waals surface area contributed by atoms with Gasteiger partial charge in [0.05, 0.1) is 14.1 Å². The van der Waals surface area contributed by atoms with E-state index in [2.05, 4.69) is 4.98 Å². The Kier molecular flexibility index (Phi) is 21.3. The van der Waals surface area contributed by atoms with Gasteiger partial charge in [0.25, 0.3) is 0 Å². The van der Waals surface area contributed by atoms with Crippen molar-refractivity contribution in [1.82, 2.24) is 4.98 Å². The molecule has 0 aliphatic heterocycles. The smallest absolute Gasteiger partial charge is 0.147 e. The number of aromatic nitrogens is 1. The fourth-order valence-corrected chi connectivity index (χ4v) is 1.01. The van der Waals surface area contributed by atoms with Gasteiger partial charge in [0.2, 0.25) is 0 Å². The molecule has 0 amide bonds. The second-order valence-electron chi connectivity index (χ2n) is 2.48. The highest BCUT2D eigenvalue weighted by Gasteiger charge is 2.01. The third kappa shape index (κ3) is 6.87. The lowest BCUT2D eigenvalue weighted by Gasteiger charge is -2.00. The van der Waals surface area contributed by atoms with Crippen molar-refractivity contribution < 1.29 is 23.2 Å². The van der Waals surface area contributed by atoms with E-state index in [0.29, 0.717) is 11.3 Å². The molecule has 0 bridgehead atoms. The van der Waals surface area contributed by atoms with Crippen LogP contribution in [0, 0.1) is 26.6 Å². The molecule has 0 atom stereocenters. The van der Waals surface area contributed by atoms with Crippen LogP contribution in [0.5, 0.6) is 0 Å². The molecule has 0 aliphatic carbocycles. The first-order valence-corrected chi connectivity index (χ1v) is 3.21. The maximum Gasteiger partial charge on any atom is 0.147 e. The average Bonchev–Trinajstić information content (AvgIpc) is 1.82. The van der Waals surface area contributed by atoms with Crippen LogP contribution in [0.4, 0.5) is 23.2 Å². The molecule has 0 saturated carbocycles. The van der Waals surface area contributed by atoms with Crippen LogP contribution in [0.2, 0.25) is 0 Å². The molecule has 1 aromatic heterocycles. The number of hydrogen-bond donors (Lipinski definition) is 0. The van der Waals surface area contributed by atoms with Gasteiger partial charge in [-0.2, -0.15) is 0 Å². The van der Waals surface area contributed by atoms with Gasteiger partial charge in [-0.1, -0.05) is 0 Å². The predicted octanol–water partition coefficient (Wildman–Crippen LogP) is 1.57.